The van der Waals surface area contributed by atoms with Crippen molar-refractivity contribution in [2.45, 2.75) is 32.6 Å². The number of hydrogen-bond donors (Lipinski definition) is 1. The average molecular weight is 320 g/mol. The number of halogens is 1. The number of hydrogen-bond acceptors (Lipinski definition) is 2. The molecule has 0 radical (unpaired) electrons. The van der Waals surface area contributed by atoms with Gasteiger partial charge in [-0.15, -0.1) is 0 Å². The number of anilines is 1. The Kier molecular flexibility index (Phi) is 3.60. The van der Waals surface area contributed by atoms with Gasteiger partial charge in [-0.2, -0.15) is 5.10 Å². The van der Waals surface area contributed by atoms with Crippen LogP contribution in [0.15, 0.2) is 28.7 Å². The van der Waals surface area contributed by atoms with E-state index in [4.69, 9.17) is 5.10 Å². The van der Waals surface area contributed by atoms with E-state index < -0.39 is 0 Å². The van der Waals surface area contributed by atoms with Crippen molar-refractivity contribution in [3.8, 4) is 5.69 Å². The number of fused-ring (bicyclic) bond motifs is 1. The van der Waals surface area contributed by atoms with Crippen LogP contribution < -0.4 is 5.32 Å². The van der Waals surface area contributed by atoms with Gasteiger partial charge in [0.2, 0.25) is 0 Å². The van der Waals surface area contributed by atoms with Gasteiger partial charge in [0, 0.05) is 16.6 Å². The van der Waals surface area contributed by atoms with Crippen LogP contribution in [0.5, 0.6) is 0 Å². The van der Waals surface area contributed by atoms with Crippen molar-refractivity contribution in [3.63, 3.8) is 0 Å². The fourth-order valence-corrected chi connectivity index (χ4v) is 2.97. The molecule has 2 heterocycles. The number of aromatic nitrogens is 2. The van der Waals surface area contributed by atoms with Crippen LogP contribution >= 0.6 is 15.9 Å². The molecule has 0 fully saturated rings. The van der Waals surface area contributed by atoms with Gasteiger partial charge in [0.05, 0.1) is 11.4 Å². The number of rotatable bonds is 4. The zero-order chi connectivity index (χ0) is 13.2. The van der Waals surface area contributed by atoms with Gasteiger partial charge >= 0.3 is 0 Å². The highest BCUT2D eigenvalue weighted by molar-refractivity contribution is 9.10. The summed E-state index contributed by atoms with van der Waals surface area (Å²) in [5.41, 5.74) is 3.79. The van der Waals surface area contributed by atoms with Gasteiger partial charge in [-0.3, -0.25) is 0 Å². The second kappa shape index (κ2) is 5.37. The lowest BCUT2D eigenvalue weighted by atomic mass is 10.1. The van der Waals surface area contributed by atoms with E-state index in [2.05, 4.69) is 45.0 Å². The Labute approximate surface area is 122 Å². The third kappa shape index (κ3) is 2.41. The average Bonchev–Trinajstić information content (AvgIpc) is 2.98. The molecular formula is C15H18BrN3. The largest absolute Gasteiger partial charge is 0.369 e. The topological polar surface area (TPSA) is 29.9 Å². The van der Waals surface area contributed by atoms with Gasteiger partial charge < -0.3 is 5.32 Å². The first-order valence-electron chi connectivity index (χ1n) is 6.90. The highest BCUT2D eigenvalue weighted by atomic mass is 79.9. The van der Waals surface area contributed by atoms with Crippen molar-refractivity contribution < 1.29 is 0 Å². The molecule has 1 aromatic carbocycles. The van der Waals surface area contributed by atoms with Gasteiger partial charge in [0.1, 0.15) is 5.82 Å². The summed E-state index contributed by atoms with van der Waals surface area (Å²) in [6.07, 6.45) is 4.61. The standard InChI is InChI=1S/C15H18BrN3/c1-2-3-7-14-13-8-9-17-15(13)19(18-14)12-6-4-5-11(16)10-12/h4-6,10,17H,2-3,7-9H2,1H3. The highest BCUT2D eigenvalue weighted by Gasteiger charge is 2.22. The first-order chi connectivity index (χ1) is 9.29. The van der Waals surface area contributed by atoms with Gasteiger partial charge in [0.25, 0.3) is 0 Å². The summed E-state index contributed by atoms with van der Waals surface area (Å²) >= 11 is 3.53. The van der Waals surface area contributed by atoms with Gasteiger partial charge in [-0.25, -0.2) is 4.68 Å². The van der Waals surface area contributed by atoms with Crippen LogP contribution in [0.3, 0.4) is 0 Å². The summed E-state index contributed by atoms with van der Waals surface area (Å²) in [6, 6.07) is 8.30. The van der Waals surface area contributed by atoms with Crippen molar-refractivity contribution in [2.75, 3.05) is 11.9 Å². The van der Waals surface area contributed by atoms with Gasteiger partial charge in [-0.1, -0.05) is 35.3 Å². The third-order valence-electron chi connectivity index (χ3n) is 3.55. The van der Waals surface area contributed by atoms with Crippen LogP contribution in [0.2, 0.25) is 0 Å². The minimum atomic E-state index is 1.03. The fourth-order valence-electron chi connectivity index (χ4n) is 2.59. The molecule has 0 saturated heterocycles. The number of benzene rings is 1. The van der Waals surface area contributed by atoms with Crippen LogP contribution in [0, 0.1) is 0 Å². The van der Waals surface area contributed by atoms with E-state index in [1.54, 1.807) is 0 Å². The molecule has 3 nitrogen and oxygen atoms in total. The lowest BCUT2D eigenvalue weighted by molar-refractivity contribution is 0.744. The highest BCUT2D eigenvalue weighted by Crippen LogP contribution is 2.30. The van der Waals surface area contributed by atoms with Crippen LogP contribution in [-0.4, -0.2) is 16.3 Å². The lowest BCUT2D eigenvalue weighted by Gasteiger charge is -2.06. The molecule has 0 unspecified atom stereocenters. The monoisotopic (exact) mass is 319 g/mol. The summed E-state index contributed by atoms with van der Waals surface area (Å²) in [4.78, 5) is 0. The van der Waals surface area contributed by atoms with Crippen LogP contribution in [0.1, 0.15) is 31.0 Å². The van der Waals surface area contributed by atoms with Crippen LogP contribution in [0.25, 0.3) is 5.69 Å². The molecule has 0 bridgehead atoms. The Morgan fingerprint density at radius 3 is 3.11 bits per heavy atom. The number of aryl methyl sites for hydroxylation is 1. The van der Waals surface area contributed by atoms with E-state index in [0.29, 0.717) is 0 Å². The molecular weight excluding hydrogens is 302 g/mol. The first-order valence-corrected chi connectivity index (χ1v) is 7.69. The van der Waals surface area contributed by atoms with Crippen LogP contribution in [0.4, 0.5) is 5.82 Å². The maximum Gasteiger partial charge on any atom is 0.133 e. The summed E-state index contributed by atoms with van der Waals surface area (Å²) in [5, 5.41) is 8.28. The SMILES string of the molecule is CCCCc1nn(-c2cccc(Br)c2)c2c1CCN2. The Balaban J connectivity index is 2.02. The molecule has 100 valence electrons. The molecule has 0 atom stereocenters. The molecule has 1 N–H and O–H groups in total. The van der Waals surface area contributed by atoms with E-state index in [1.807, 2.05) is 12.1 Å². The molecule has 0 spiro atoms. The second-order valence-corrected chi connectivity index (χ2v) is 5.86. The molecule has 1 aliphatic heterocycles. The van der Waals surface area contributed by atoms with E-state index in [9.17, 15) is 0 Å². The van der Waals surface area contributed by atoms with Crippen molar-refractivity contribution in [1.29, 1.82) is 0 Å². The van der Waals surface area contributed by atoms with E-state index >= 15 is 0 Å². The van der Waals surface area contributed by atoms with Gasteiger partial charge in [-0.05, 0) is 37.5 Å². The van der Waals surface area contributed by atoms with Crippen LogP contribution in [-0.2, 0) is 12.8 Å². The fraction of sp³-hybridized carbons (Fsp3) is 0.400. The van der Waals surface area contributed by atoms with Crippen molar-refractivity contribution in [2.24, 2.45) is 0 Å². The maximum atomic E-state index is 4.81. The zero-order valence-electron chi connectivity index (χ0n) is 11.1. The summed E-state index contributed by atoms with van der Waals surface area (Å²) in [5.74, 6) is 1.18. The number of nitrogens with one attached hydrogen (secondary N) is 1. The van der Waals surface area contributed by atoms with Gasteiger partial charge in [0.15, 0.2) is 0 Å². The Hall–Kier alpha value is -1.29. The molecule has 3 rings (SSSR count). The number of nitrogens with zero attached hydrogens (tertiary/aromatic N) is 2. The predicted molar refractivity (Wildman–Crippen MR) is 82.1 cm³/mol. The smallest absolute Gasteiger partial charge is 0.133 e. The Bertz CT molecular complexity index is 589. The van der Waals surface area contributed by atoms with E-state index in [0.717, 1.165) is 29.5 Å². The lowest BCUT2D eigenvalue weighted by Crippen LogP contribution is -2.05. The Morgan fingerprint density at radius 2 is 2.32 bits per heavy atom. The van der Waals surface area contributed by atoms with Crippen molar-refractivity contribution in [3.05, 3.63) is 40.0 Å². The number of unbranched alkanes of at least 4 members (excludes halogenated alkanes) is 1. The molecule has 19 heavy (non-hydrogen) atoms. The van der Waals surface area contributed by atoms with Crippen molar-refractivity contribution in [1.82, 2.24) is 9.78 Å². The second-order valence-electron chi connectivity index (χ2n) is 4.95. The molecule has 0 aliphatic carbocycles. The molecule has 4 heteroatoms. The first kappa shape index (κ1) is 12.7. The maximum absolute atomic E-state index is 4.81. The van der Waals surface area contributed by atoms with E-state index in [-0.39, 0.29) is 0 Å². The van der Waals surface area contributed by atoms with E-state index in [1.165, 1.54) is 29.9 Å². The summed E-state index contributed by atoms with van der Waals surface area (Å²) in [7, 11) is 0. The summed E-state index contributed by atoms with van der Waals surface area (Å²) in [6.45, 7) is 3.25. The summed E-state index contributed by atoms with van der Waals surface area (Å²) < 4.78 is 3.14. The normalized spacial score (nSPS) is 13.4. The Morgan fingerprint density at radius 1 is 1.42 bits per heavy atom. The third-order valence-corrected chi connectivity index (χ3v) is 4.05. The zero-order valence-corrected chi connectivity index (χ0v) is 12.7. The minimum absolute atomic E-state index is 1.03. The molecule has 2 aromatic rings. The molecule has 1 aliphatic rings. The predicted octanol–water partition coefficient (Wildman–Crippen LogP) is 3.95. The molecule has 1 aromatic heterocycles. The molecule has 0 saturated carbocycles. The quantitative estimate of drug-likeness (QED) is 0.924. The minimum Gasteiger partial charge on any atom is -0.369 e. The molecule has 0 amide bonds. The van der Waals surface area contributed by atoms with Crippen molar-refractivity contribution >= 4 is 21.7 Å².